The zero-order valence-corrected chi connectivity index (χ0v) is 66.6. The van der Waals surface area contributed by atoms with E-state index in [0.29, 0.717) is 25.7 Å². The number of aliphatic hydroxyl groups excluding tert-OH is 1. The first-order valence-corrected chi connectivity index (χ1v) is 44.5. The van der Waals surface area contributed by atoms with E-state index in [1.165, 1.54) is 238 Å². The molecule has 0 bridgehead atoms. The summed E-state index contributed by atoms with van der Waals surface area (Å²) >= 11 is 0. The fraction of sp³-hybridized carbons (Fsp3) is 0.950. The van der Waals surface area contributed by atoms with Crippen molar-refractivity contribution in [2.24, 2.45) is 11.8 Å². The van der Waals surface area contributed by atoms with Gasteiger partial charge in [0.2, 0.25) is 0 Å². The van der Waals surface area contributed by atoms with Crippen LogP contribution in [-0.2, 0) is 65.4 Å². The van der Waals surface area contributed by atoms with E-state index in [0.717, 1.165) is 102 Å². The molecule has 588 valence electrons. The minimum Gasteiger partial charge on any atom is -0.462 e. The SMILES string of the molecule is CCCCCCCCCCCCCCCC(=O)OC[C@H](COP(=O)(O)OC[C@H](O)COP(=O)(O)OC[C@@H](COC(=O)CCCCCCCCCCCCCC(C)C)OC(=O)CCCCCCCCCCCCCCCCCCC(C)C)OC(=O)CCCCCCCCCCCCCCC. The second-order valence-electron chi connectivity index (χ2n) is 29.8. The molecule has 0 saturated carbocycles. The van der Waals surface area contributed by atoms with Gasteiger partial charge in [-0.3, -0.25) is 37.3 Å². The van der Waals surface area contributed by atoms with Gasteiger partial charge in [-0.15, -0.1) is 0 Å². The lowest BCUT2D eigenvalue weighted by Crippen LogP contribution is -2.30. The number of phosphoric ester groups is 2. The Hall–Kier alpha value is -1.94. The minimum atomic E-state index is -4.96. The summed E-state index contributed by atoms with van der Waals surface area (Å²) in [6.45, 7) is 9.67. The fourth-order valence-electron chi connectivity index (χ4n) is 12.4. The van der Waals surface area contributed by atoms with Crippen molar-refractivity contribution in [1.82, 2.24) is 0 Å². The van der Waals surface area contributed by atoms with Crippen LogP contribution < -0.4 is 0 Å². The maximum absolute atomic E-state index is 13.1. The Morgan fingerprint density at radius 1 is 0.273 bits per heavy atom. The lowest BCUT2D eigenvalue weighted by Gasteiger charge is -2.21. The molecular formula is C80H156O17P2. The molecule has 0 heterocycles. The average molecular weight is 1450 g/mol. The molecule has 0 radical (unpaired) electrons. The van der Waals surface area contributed by atoms with Crippen LogP contribution in [0.15, 0.2) is 0 Å². The van der Waals surface area contributed by atoms with Crippen LogP contribution in [0.3, 0.4) is 0 Å². The summed E-state index contributed by atoms with van der Waals surface area (Å²) in [6, 6.07) is 0. The highest BCUT2D eigenvalue weighted by atomic mass is 31.2. The highest BCUT2D eigenvalue weighted by Gasteiger charge is 2.30. The smallest absolute Gasteiger partial charge is 0.462 e. The molecule has 0 aromatic heterocycles. The first kappa shape index (κ1) is 97.1. The first-order chi connectivity index (χ1) is 47.9. The Kier molecular flexibility index (Phi) is 70.3. The molecule has 19 heteroatoms. The molecule has 0 amide bonds. The Balaban J connectivity index is 5.25. The van der Waals surface area contributed by atoms with E-state index in [1.807, 2.05) is 0 Å². The van der Waals surface area contributed by atoms with E-state index >= 15 is 0 Å². The maximum Gasteiger partial charge on any atom is 0.472 e. The summed E-state index contributed by atoms with van der Waals surface area (Å²) < 4.78 is 68.7. The maximum atomic E-state index is 13.1. The average Bonchev–Trinajstić information content (AvgIpc) is 1.13. The van der Waals surface area contributed by atoms with Gasteiger partial charge in [-0.1, -0.05) is 369 Å². The van der Waals surface area contributed by atoms with Gasteiger partial charge in [0, 0.05) is 25.7 Å². The van der Waals surface area contributed by atoms with Gasteiger partial charge < -0.3 is 33.8 Å². The van der Waals surface area contributed by atoms with E-state index < -0.39 is 97.5 Å². The Bertz CT molecular complexity index is 1910. The predicted molar refractivity (Wildman–Crippen MR) is 405 cm³/mol. The molecule has 17 nitrogen and oxygen atoms in total. The molecule has 2 unspecified atom stereocenters. The van der Waals surface area contributed by atoms with E-state index in [1.54, 1.807) is 0 Å². The van der Waals surface area contributed by atoms with Crippen LogP contribution in [0.2, 0.25) is 0 Å². The third-order valence-electron chi connectivity index (χ3n) is 18.7. The van der Waals surface area contributed by atoms with Crippen molar-refractivity contribution in [3.8, 4) is 0 Å². The molecule has 0 aliphatic heterocycles. The van der Waals surface area contributed by atoms with Crippen molar-refractivity contribution in [3.05, 3.63) is 0 Å². The summed E-state index contributed by atoms with van der Waals surface area (Å²) in [5.41, 5.74) is 0. The normalized spacial score (nSPS) is 13.9. The molecule has 0 fully saturated rings. The van der Waals surface area contributed by atoms with Crippen molar-refractivity contribution in [2.45, 2.75) is 439 Å². The zero-order valence-electron chi connectivity index (χ0n) is 64.8. The molecule has 0 spiro atoms. The summed E-state index contributed by atoms with van der Waals surface area (Å²) in [4.78, 5) is 73.0. The Morgan fingerprint density at radius 2 is 0.465 bits per heavy atom. The topological polar surface area (TPSA) is 237 Å². The van der Waals surface area contributed by atoms with Gasteiger partial charge in [0.25, 0.3) is 0 Å². The number of esters is 4. The second kappa shape index (κ2) is 71.7. The number of carbonyl (C=O) groups excluding carboxylic acids is 4. The summed E-state index contributed by atoms with van der Waals surface area (Å²) in [5.74, 6) is -0.527. The number of rotatable bonds is 79. The molecule has 0 saturated heterocycles. The Morgan fingerprint density at radius 3 is 0.687 bits per heavy atom. The summed E-state index contributed by atoms with van der Waals surface area (Å²) in [7, 11) is -9.92. The molecule has 0 aliphatic rings. The van der Waals surface area contributed by atoms with Gasteiger partial charge in [0.05, 0.1) is 26.4 Å². The van der Waals surface area contributed by atoms with Gasteiger partial charge in [-0.05, 0) is 37.5 Å². The third-order valence-corrected chi connectivity index (χ3v) is 20.6. The van der Waals surface area contributed by atoms with E-state index in [2.05, 4.69) is 41.5 Å². The standard InChI is InChI=1S/C80H156O17P2/c1-7-9-11-13-15-17-19-25-32-38-44-50-56-62-77(82)90-68-75(96-79(84)64-58-52-46-40-33-26-20-18-16-14-12-10-8-2)70-94-98(86,87)92-66-74(81)67-93-99(88,89)95-71-76(69-91-78(83)63-57-51-45-39-35-29-31-37-43-49-55-61-73(5)6)97-80(85)65-59-53-47-41-34-28-24-22-21-23-27-30-36-42-48-54-60-72(3)4/h72-76,81H,7-71H2,1-6H3,(H,86,87)(H,88,89)/t74-,75+,76+/m0/s1. The first-order valence-electron chi connectivity index (χ1n) is 41.5. The molecule has 0 rings (SSSR count). The van der Waals surface area contributed by atoms with Gasteiger partial charge >= 0.3 is 39.5 Å². The van der Waals surface area contributed by atoms with Crippen LogP contribution in [0.25, 0.3) is 0 Å². The lowest BCUT2D eigenvalue weighted by molar-refractivity contribution is -0.161. The highest BCUT2D eigenvalue weighted by Crippen LogP contribution is 2.45. The van der Waals surface area contributed by atoms with Crippen molar-refractivity contribution < 1.29 is 80.2 Å². The number of phosphoric acid groups is 2. The van der Waals surface area contributed by atoms with Crippen LogP contribution >= 0.6 is 15.6 Å². The molecule has 3 N–H and O–H groups in total. The number of hydrogen-bond donors (Lipinski definition) is 3. The van der Waals surface area contributed by atoms with Crippen LogP contribution in [0.4, 0.5) is 0 Å². The summed E-state index contributed by atoms with van der Waals surface area (Å²) in [5, 5.41) is 10.6. The molecule has 0 aliphatic carbocycles. The number of unbranched alkanes of at least 4 members (excludes halogenated alkanes) is 49. The number of aliphatic hydroxyl groups is 1. The molecule has 0 aromatic rings. The predicted octanol–water partition coefficient (Wildman–Crippen LogP) is 23.9. The summed E-state index contributed by atoms with van der Waals surface area (Å²) in [6.07, 6.45) is 60.9. The highest BCUT2D eigenvalue weighted by molar-refractivity contribution is 7.47. The molecule has 99 heavy (non-hydrogen) atoms. The monoisotopic (exact) mass is 1450 g/mol. The van der Waals surface area contributed by atoms with Gasteiger partial charge in [-0.25, -0.2) is 9.13 Å². The second-order valence-corrected chi connectivity index (χ2v) is 32.7. The van der Waals surface area contributed by atoms with E-state index in [9.17, 15) is 43.2 Å². The van der Waals surface area contributed by atoms with Crippen molar-refractivity contribution in [2.75, 3.05) is 39.6 Å². The number of hydrogen-bond acceptors (Lipinski definition) is 15. The van der Waals surface area contributed by atoms with Crippen molar-refractivity contribution in [1.29, 1.82) is 0 Å². The lowest BCUT2D eigenvalue weighted by atomic mass is 10.0. The fourth-order valence-corrected chi connectivity index (χ4v) is 13.9. The largest absolute Gasteiger partial charge is 0.472 e. The van der Waals surface area contributed by atoms with Gasteiger partial charge in [-0.2, -0.15) is 0 Å². The molecule has 0 aromatic carbocycles. The van der Waals surface area contributed by atoms with Crippen LogP contribution in [0.1, 0.15) is 420 Å². The Labute approximate surface area is 607 Å². The van der Waals surface area contributed by atoms with E-state index in [-0.39, 0.29) is 25.7 Å². The van der Waals surface area contributed by atoms with Crippen molar-refractivity contribution in [3.63, 3.8) is 0 Å². The van der Waals surface area contributed by atoms with Gasteiger partial charge in [0.15, 0.2) is 12.2 Å². The third kappa shape index (κ3) is 74.1. The zero-order chi connectivity index (χ0) is 72.8. The van der Waals surface area contributed by atoms with Crippen LogP contribution in [0, 0.1) is 11.8 Å². The number of carbonyl (C=O) groups is 4. The van der Waals surface area contributed by atoms with Gasteiger partial charge in [0.1, 0.15) is 19.3 Å². The van der Waals surface area contributed by atoms with Crippen LogP contribution in [-0.4, -0.2) is 96.7 Å². The van der Waals surface area contributed by atoms with Crippen LogP contribution in [0.5, 0.6) is 0 Å². The number of ether oxygens (including phenoxy) is 4. The van der Waals surface area contributed by atoms with Crippen molar-refractivity contribution >= 4 is 39.5 Å². The minimum absolute atomic E-state index is 0.108. The quantitative estimate of drug-likeness (QED) is 0.0222. The molecule has 5 atom stereocenters. The molecular weight excluding hydrogens is 1290 g/mol. The van der Waals surface area contributed by atoms with E-state index in [4.69, 9.17) is 37.0 Å².